The molecule has 0 radical (unpaired) electrons. The number of halogens is 2. The Morgan fingerprint density at radius 2 is 1.80 bits per heavy atom. The van der Waals surface area contributed by atoms with Crippen LogP contribution in [-0.2, 0) is 6.61 Å². The van der Waals surface area contributed by atoms with E-state index in [1.165, 1.54) is 12.1 Å². The van der Waals surface area contributed by atoms with Crippen LogP contribution in [0.2, 0.25) is 0 Å². The standard InChI is InChI=1S/C19H22F2N2O2/c20-19(21)18(23-10-8-22-9-11-23)16-7-6-15(12-17(16)24)25-13-14-4-2-1-3-5-14/h1-7,12,18-19,22,24H,8-11,13H2/t18-/m0/s1. The summed E-state index contributed by atoms with van der Waals surface area (Å²) in [5.41, 5.74) is 1.24. The average molecular weight is 348 g/mol. The van der Waals surface area contributed by atoms with Gasteiger partial charge < -0.3 is 15.2 Å². The van der Waals surface area contributed by atoms with E-state index in [9.17, 15) is 13.9 Å². The number of hydrogen-bond acceptors (Lipinski definition) is 4. The molecule has 2 aromatic carbocycles. The van der Waals surface area contributed by atoms with Crippen molar-refractivity contribution < 1.29 is 18.6 Å². The first-order valence-corrected chi connectivity index (χ1v) is 8.37. The summed E-state index contributed by atoms with van der Waals surface area (Å²) in [5, 5.41) is 13.4. The number of nitrogens with zero attached hydrogens (tertiary/aromatic N) is 1. The number of aromatic hydroxyl groups is 1. The third-order valence-corrected chi connectivity index (χ3v) is 4.35. The molecule has 0 aromatic heterocycles. The van der Waals surface area contributed by atoms with Crippen LogP contribution in [0.1, 0.15) is 17.2 Å². The van der Waals surface area contributed by atoms with Crippen LogP contribution in [0.5, 0.6) is 11.5 Å². The fourth-order valence-electron chi connectivity index (χ4n) is 3.06. The molecule has 1 saturated heterocycles. The lowest BCUT2D eigenvalue weighted by molar-refractivity contribution is 0.0170. The van der Waals surface area contributed by atoms with Gasteiger partial charge in [0.1, 0.15) is 18.1 Å². The third kappa shape index (κ3) is 4.46. The largest absolute Gasteiger partial charge is 0.507 e. The molecule has 2 aromatic rings. The van der Waals surface area contributed by atoms with Crippen LogP contribution in [-0.4, -0.2) is 42.6 Å². The molecule has 1 heterocycles. The molecule has 0 bridgehead atoms. The van der Waals surface area contributed by atoms with Crippen molar-refractivity contribution in [1.29, 1.82) is 0 Å². The number of piperazine rings is 1. The van der Waals surface area contributed by atoms with E-state index in [-0.39, 0.29) is 11.3 Å². The van der Waals surface area contributed by atoms with E-state index < -0.39 is 12.5 Å². The number of hydrogen-bond donors (Lipinski definition) is 2. The van der Waals surface area contributed by atoms with Gasteiger partial charge in [-0.1, -0.05) is 30.3 Å². The molecule has 3 rings (SSSR count). The second-order valence-electron chi connectivity index (χ2n) is 6.06. The zero-order valence-corrected chi connectivity index (χ0v) is 13.9. The highest BCUT2D eigenvalue weighted by Gasteiger charge is 2.32. The van der Waals surface area contributed by atoms with Crippen LogP contribution in [0.15, 0.2) is 48.5 Å². The first-order valence-electron chi connectivity index (χ1n) is 8.37. The van der Waals surface area contributed by atoms with Crippen molar-refractivity contribution in [3.63, 3.8) is 0 Å². The molecular formula is C19H22F2N2O2. The SMILES string of the molecule is Oc1cc(OCc2ccccc2)ccc1[C@@H](C(F)F)N1CCNCC1. The fraction of sp³-hybridized carbons (Fsp3) is 0.368. The molecule has 1 aliphatic heterocycles. The van der Waals surface area contributed by atoms with Crippen molar-refractivity contribution in [2.75, 3.05) is 26.2 Å². The topological polar surface area (TPSA) is 44.7 Å². The van der Waals surface area contributed by atoms with Gasteiger partial charge in [-0.2, -0.15) is 0 Å². The summed E-state index contributed by atoms with van der Waals surface area (Å²) < 4.78 is 32.9. The van der Waals surface area contributed by atoms with Gasteiger partial charge in [-0.05, 0) is 17.7 Å². The maximum atomic E-state index is 13.6. The Morgan fingerprint density at radius 3 is 2.44 bits per heavy atom. The van der Waals surface area contributed by atoms with Gasteiger partial charge in [-0.15, -0.1) is 0 Å². The first kappa shape index (κ1) is 17.6. The lowest BCUT2D eigenvalue weighted by Gasteiger charge is -2.34. The molecular weight excluding hydrogens is 326 g/mol. The van der Waals surface area contributed by atoms with E-state index in [1.54, 1.807) is 11.0 Å². The Morgan fingerprint density at radius 1 is 1.08 bits per heavy atom. The van der Waals surface area contributed by atoms with Crippen LogP contribution >= 0.6 is 0 Å². The molecule has 0 amide bonds. The van der Waals surface area contributed by atoms with Crippen LogP contribution in [0.4, 0.5) is 8.78 Å². The maximum Gasteiger partial charge on any atom is 0.258 e. The summed E-state index contributed by atoms with van der Waals surface area (Å²) in [7, 11) is 0. The smallest absolute Gasteiger partial charge is 0.258 e. The summed E-state index contributed by atoms with van der Waals surface area (Å²) in [6.45, 7) is 2.75. The molecule has 0 aliphatic carbocycles. The zero-order valence-electron chi connectivity index (χ0n) is 13.9. The molecule has 0 saturated carbocycles. The molecule has 6 heteroatoms. The van der Waals surface area contributed by atoms with E-state index >= 15 is 0 Å². The van der Waals surface area contributed by atoms with Crippen molar-refractivity contribution in [3.05, 3.63) is 59.7 Å². The van der Waals surface area contributed by atoms with Gasteiger partial charge in [0, 0.05) is 37.8 Å². The quantitative estimate of drug-likeness (QED) is 0.842. The first-order chi connectivity index (χ1) is 12.1. The predicted octanol–water partition coefficient (Wildman–Crippen LogP) is 3.18. The van der Waals surface area contributed by atoms with Crippen molar-refractivity contribution in [2.24, 2.45) is 0 Å². The van der Waals surface area contributed by atoms with Crippen molar-refractivity contribution in [3.8, 4) is 11.5 Å². The highest BCUT2D eigenvalue weighted by molar-refractivity contribution is 5.42. The second kappa shape index (κ2) is 8.27. The maximum absolute atomic E-state index is 13.6. The minimum Gasteiger partial charge on any atom is -0.507 e. The highest BCUT2D eigenvalue weighted by Crippen LogP contribution is 2.35. The molecule has 0 unspecified atom stereocenters. The molecule has 1 atom stereocenters. The molecule has 0 spiro atoms. The Labute approximate surface area is 146 Å². The Balaban J connectivity index is 1.73. The average Bonchev–Trinajstić information content (AvgIpc) is 2.63. The number of benzene rings is 2. The Kier molecular flexibility index (Phi) is 5.83. The number of phenols is 1. The summed E-state index contributed by atoms with van der Waals surface area (Å²) in [4.78, 5) is 1.71. The van der Waals surface area contributed by atoms with Gasteiger partial charge in [0.2, 0.25) is 0 Å². The lowest BCUT2D eigenvalue weighted by Crippen LogP contribution is -2.46. The van der Waals surface area contributed by atoms with Crippen molar-refractivity contribution in [1.82, 2.24) is 10.2 Å². The highest BCUT2D eigenvalue weighted by atomic mass is 19.3. The normalized spacial score (nSPS) is 16.8. The van der Waals surface area contributed by atoms with Gasteiger partial charge >= 0.3 is 0 Å². The van der Waals surface area contributed by atoms with Gasteiger partial charge in [0.25, 0.3) is 6.43 Å². The monoisotopic (exact) mass is 348 g/mol. The van der Waals surface area contributed by atoms with Crippen LogP contribution in [0.25, 0.3) is 0 Å². The zero-order chi connectivity index (χ0) is 17.6. The van der Waals surface area contributed by atoms with Gasteiger partial charge in [-0.3, -0.25) is 4.90 Å². The summed E-state index contributed by atoms with van der Waals surface area (Å²) in [6.07, 6.45) is -2.57. The summed E-state index contributed by atoms with van der Waals surface area (Å²) in [6, 6.07) is 13.1. The van der Waals surface area contributed by atoms with E-state index in [1.807, 2.05) is 30.3 Å². The van der Waals surface area contributed by atoms with Gasteiger partial charge in [-0.25, -0.2) is 8.78 Å². The summed E-state index contributed by atoms with van der Waals surface area (Å²) in [5.74, 6) is 0.299. The van der Waals surface area contributed by atoms with E-state index in [4.69, 9.17) is 4.74 Å². The minimum atomic E-state index is -2.57. The summed E-state index contributed by atoms with van der Waals surface area (Å²) >= 11 is 0. The third-order valence-electron chi connectivity index (χ3n) is 4.35. The Bertz CT molecular complexity index is 676. The molecule has 1 fully saturated rings. The molecule has 1 aliphatic rings. The molecule has 134 valence electrons. The number of nitrogens with one attached hydrogen (secondary N) is 1. The van der Waals surface area contributed by atoms with E-state index in [2.05, 4.69) is 5.32 Å². The molecule has 25 heavy (non-hydrogen) atoms. The molecule has 2 N–H and O–H groups in total. The van der Waals surface area contributed by atoms with Crippen LogP contribution in [0, 0.1) is 0 Å². The van der Waals surface area contributed by atoms with Crippen molar-refractivity contribution in [2.45, 2.75) is 19.1 Å². The number of alkyl halides is 2. The van der Waals surface area contributed by atoms with Crippen LogP contribution < -0.4 is 10.1 Å². The van der Waals surface area contributed by atoms with Crippen LogP contribution in [0.3, 0.4) is 0 Å². The number of ether oxygens (including phenoxy) is 1. The van der Waals surface area contributed by atoms with E-state index in [0.29, 0.717) is 38.5 Å². The lowest BCUT2D eigenvalue weighted by atomic mass is 10.0. The number of phenolic OH excluding ortho intramolecular Hbond substituents is 1. The Hall–Kier alpha value is -2.18. The molecule has 4 nitrogen and oxygen atoms in total. The second-order valence-corrected chi connectivity index (χ2v) is 6.06. The van der Waals surface area contributed by atoms with Gasteiger partial charge in [0.15, 0.2) is 0 Å². The number of rotatable bonds is 6. The fourth-order valence-corrected chi connectivity index (χ4v) is 3.06. The van der Waals surface area contributed by atoms with Crippen molar-refractivity contribution >= 4 is 0 Å². The van der Waals surface area contributed by atoms with Gasteiger partial charge in [0.05, 0.1) is 6.04 Å². The van der Waals surface area contributed by atoms with E-state index in [0.717, 1.165) is 5.56 Å². The predicted molar refractivity (Wildman–Crippen MR) is 92.1 cm³/mol. The minimum absolute atomic E-state index is 0.158.